The van der Waals surface area contributed by atoms with Gasteiger partial charge in [-0.1, -0.05) is 31.9 Å². The number of thiophene rings is 1. The van der Waals surface area contributed by atoms with Crippen molar-refractivity contribution >= 4 is 22.9 Å². The predicted octanol–water partition coefficient (Wildman–Crippen LogP) is 5.10. The Labute approximate surface area is 138 Å². The lowest BCUT2D eigenvalue weighted by Gasteiger charge is -2.48. The van der Waals surface area contributed by atoms with E-state index in [0.717, 1.165) is 23.7 Å². The van der Waals surface area contributed by atoms with Crippen molar-refractivity contribution in [2.45, 2.75) is 64.5 Å². The molecule has 0 amide bonds. The minimum atomic E-state index is 0.170. The van der Waals surface area contributed by atoms with E-state index in [4.69, 9.17) is 11.6 Å². The molecular formula is C17H29ClN2S. The molecule has 0 spiro atoms. The minimum absolute atomic E-state index is 0.170. The van der Waals surface area contributed by atoms with E-state index in [-0.39, 0.29) is 5.54 Å². The minimum Gasteiger partial charge on any atom is -0.308 e. The van der Waals surface area contributed by atoms with E-state index in [1.54, 1.807) is 11.3 Å². The maximum atomic E-state index is 6.19. The number of rotatable bonds is 7. The van der Waals surface area contributed by atoms with Crippen LogP contribution < -0.4 is 5.32 Å². The molecule has 2 atom stereocenters. The predicted molar refractivity (Wildman–Crippen MR) is 94.5 cm³/mol. The molecule has 1 N–H and O–H groups in total. The third-order valence-corrected chi connectivity index (χ3v) is 6.19. The van der Waals surface area contributed by atoms with Crippen LogP contribution in [0.4, 0.5) is 0 Å². The Balaban J connectivity index is 2.26. The van der Waals surface area contributed by atoms with Crippen LogP contribution in [0.25, 0.3) is 0 Å². The molecule has 1 aliphatic heterocycles. The average molecular weight is 329 g/mol. The van der Waals surface area contributed by atoms with E-state index >= 15 is 0 Å². The van der Waals surface area contributed by atoms with Gasteiger partial charge in [0.15, 0.2) is 0 Å². The SMILES string of the molecule is CCCNC(c1ccc(Cl)s1)C(C)(CC)N1CCCCC1. The van der Waals surface area contributed by atoms with Crippen LogP contribution in [0, 0.1) is 0 Å². The highest BCUT2D eigenvalue weighted by atomic mass is 35.5. The second-order valence-corrected chi connectivity index (χ2v) is 8.03. The number of hydrogen-bond acceptors (Lipinski definition) is 3. The van der Waals surface area contributed by atoms with E-state index in [2.05, 4.69) is 37.1 Å². The molecule has 1 saturated heterocycles. The van der Waals surface area contributed by atoms with Gasteiger partial charge >= 0.3 is 0 Å². The fourth-order valence-corrected chi connectivity index (χ4v) is 4.70. The van der Waals surface area contributed by atoms with Gasteiger partial charge in [-0.05, 0) is 64.4 Å². The summed E-state index contributed by atoms with van der Waals surface area (Å²) in [5.41, 5.74) is 0.170. The van der Waals surface area contributed by atoms with E-state index in [1.165, 1.54) is 37.2 Å². The van der Waals surface area contributed by atoms with Crippen molar-refractivity contribution in [1.82, 2.24) is 10.2 Å². The molecule has 1 aromatic heterocycles. The Bertz CT molecular complexity index is 428. The summed E-state index contributed by atoms with van der Waals surface area (Å²) < 4.78 is 0.894. The summed E-state index contributed by atoms with van der Waals surface area (Å²) in [5, 5.41) is 3.80. The van der Waals surface area contributed by atoms with Crippen LogP contribution >= 0.6 is 22.9 Å². The van der Waals surface area contributed by atoms with Crippen LogP contribution in [0.3, 0.4) is 0 Å². The molecule has 2 unspecified atom stereocenters. The van der Waals surface area contributed by atoms with Gasteiger partial charge in [-0.25, -0.2) is 0 Å². The zero-order valence-electron chi connectivity index (χ0n) is 13.6. The maximum absolute atomic E-state index is 6.19. The van der Waals surface area contributed by atoms with E-state index < -0.39 is 0 Å². The molecule has 2 rings (SSSR count). The second-order valence-electron chi connectivity index (χ2n) is 6.29. The van der Waals surface area contributed by atoms with E-state index in [0.29, 0.717) is 6.04 Å². The van der Waals surface area contributed by atoms with Gasteiger partial charge in [-0.15, -0.1) is 11.3 Å². The highest BCUT2D eigenvalue weighted by Gasteiger charge is 2.39. The van der Waals surface area contributed by atoms with Gasteiger partial charge < -0.3 is 5.32 Å². The molecule has 0 bridgehead atoms. The monoisotopic (exact) mass is 328 g/mol. The van der Waals surface area contributed by atoms with Crippen molar-refractivity contribution in [2.75, 3.05) is 19.6 Å². The summed E-state index contributed by atoms with van der Waals surface area (Å²) in [7, 11) is 0. The van der Waals surface area contributed by atoms with Gasteiger partial charge in [0.05, 0.1) is 10.4 Å². The third kappa shape index (κ3) is 4.01. The first-order valence-electron chi connectivity index (χ1n) is 8.35. The van der Waals surface area contributed by atoms with Crippen molar-refractivity contribution < 1.29 is 0 Å². The maximum Gasteiger partial charge on any atom is 0.0931 e. The van der Waals surface area contributed by atoms with Gasteiger partial charge in [-0.3, -0.25) is 4.90 Å². The number of piperidine rings is 1. The molecule has 0 aliphatic carbocycles. The van der Waals surface area contributed by atoms with Crippen LogP contribution in [0.1, 0.15) is 63.8 Å². The lowest BCUT2D eigenvalue weighted by Crippen LogP contribution is -2.55. The van der Waals surface area contributed by atoms with Crippen molar-refractivity contribution in [1.29, 1.82) is 0 Å². The first kappa shape index (κ1) is 17.3. The summed E-state index contributed by atoms with van der Waals surface area (Å²) in [6.07, 6.45) is 6.37. The molecular weight excluding hydrogens is 300 g/mol. The Hall–Kier alpha value is -0.0900. The van der Waals surface area contributed by atoms with Crippen LogP contribution in [-0.4, -0.2) is 30.1 Å². The van der Waals surface area contributed by atoms with Crippen LogP contribution in [-0.2, 0) is 0 Å². The first-order chi connectivity index (χ1) is 10.1. The van der Waals surface area contributed by atoms with Gasteiger partial charge in [0, 0.05) is 10.4 Å². The Morgan fingerprint density at radius 1 is 1.29 bits per heavy atom. The summed E-state index contributed by atoms with van der Waals surface area (Å²) in [6, 6.07) is 4.62. The molecule has 4 heteroatoms. The Morgan fingerprint density at radius 2 is 2.00 bits per heavy atom. The zero-order chi connectivity index (χ0) is 15.3. The normalized spacial score (nSPS) is 21.1. The van der Waals surface area contributed by atoms with Gasteiger partial charge in [-0.2, -0.15) is 0 Å². The van der Waals surface area contributed by atoms with Crippen molar-refractivity contribution in [2.24, 2.45) is 0 Å². The standard InChI is InChI=1S/C17H29ClN2S/c1-4-11-19-16(14-9-10-15(18)21-14)17(3,5-2)20-12-7-6-8-13-20/h9-10,16,19H,4-8,11-13H2,1-3H3. The average Bonchev–Trinajstić information content (AvgIpc) is 2.94. The molecule has 2 heterocycles. The molecule has 0 radical (unpaired) electrons. The van der Waals surface area contributed by atoms with Crippen LogP contribution in [0.2, 0.25) is 4.34 Å². The van der Waals surface area contributed by atoms with E-state index in [9.17, 15) is 0 Å². The second kappa shape index (κ2) is 7.96. The van der Waals surface area contributed by atoms with Gasteiger partial charge in [0.1, 0.15) is 0 Å². The highest BCUT2D eigenvalue weighted by molar-refractivity contribution is 7.16. The molecule has 1 fully saturated rings. The summed E-state index contributed by atoms with van der Waals surface area (Å²) in [6.45, 7) is 10.5. The largest absolute Gasteiger partial charge is 0.308 e. The lowest BCUT2D eigenvalue weighted by atomic mass is 9.84. The summed E-state index contributed by atoms with van der Waals surface area (Å²) in [4.78, 5) is 4.08. The van der Waals surface area contributed by atoms with Crippen molar-refractivity contribution in [3.8, 4) is 0 Å². The number of nitrogens with zero attached hydrogens (tertiary/aromatic N) is 1. The van der Waals surface area contributed by atoms with Crippen LogP contribution in [0.15, 0.2) is 12.1 Å². The van der Waals surface area contributed by atoms with Gasteiger partial charge in [0.2, 0.25) is 0 Å². The van der Waals surface area contributed by atoms with Crippen molar-refractivity contribution in [3.05, 3.63) is 21.3 Å². The fourth-order valence-electron chi connectivity index (χ4n) is 3.41. The lowest BCUT2D eigenvalue weighted by molar-refractivity contribution is 0.0435. The third-order valence-electron chi connectivity index (χ3n) is 4.89. The highest BCUT2D eigenvalue weighted by Crippen LogP contribution is 2.39. The molecule has 120 valence electrons. The number of likely N-dealkylation sites (tertiary alicyclic amines) is 1. The topological polar surface area (TPSA) is 15.3 Å². The smallest absolute Gasteiger partial charge is 0.0931 e. The summed E-state index contributed by atoms with van der Waals surface area (Å²) >= 11 is 7.92. The molecule has 1 aromatic rings. The molecule has 2 nitrogen and oxygen atoms in total. The summed E-state index contributed by atoms with van der Waals surface area (Å²) in [5.74, 6) is 0. The van der Waals surface area contributed by atoms with Crippen LogP contribution in [0.5, 0.6) is 0 Å². The van der Waals surface area contributed by atoms with Gasteiger partial charge in [0.25, 0.3) is 0 Å². The quantitative estimate of drug-likeness (QED) is 0.749. The molecule has 0 saturated carbocycles. The zero-order valence-corrected chi connectivity index (χ0v) is 15.2. The molecule has 0 aromatic carbocycles. The number of halogens is 1. The Kier molecular flexibility index (Phi) is 6.54. The Morgan fingerprint density at radius 3 is 2.52 bits per heavy atom. The first-order valence-corrected chi connectivity index (χ1v) is 9.55. The van der Waals surface area contributed by atoms with E-state index in [1.807, 2.05) is 6.07 Å². The fraction of sp³-hybridized carbons (Fsp3) is 0.765. The number of hydrogen-bond donors (Lipinski definition) is 1. The number of nitrogens with one attached hydrogen (secondary N) is 1. The van der Waals surface area contributed by atoms with Crippen molar-refractivity contribution in [3.63, 3.8) is 0 Å². The molecule has 1 aliphatic rings. The molecule has 21 heavy (non-hydrogen) atoms.